The molecule has 0 bridgehead atoms. The summed E-state index contributed by atoms with van der Waals surface area (Å²) >= 11 is 0. The van der Waals surface area contributed by atoms with Crippen molar-refractivity contribution in [2.45, 2.75) is 38.5 Å². The Bertz CT molecular complexity index is 417. The first-order valence-corrected chi connectivity index (χ1v) is 6.60. The molecule has 0 aromatic carbocycles. The summed E-state index contributed by atoms with van der Waals surface area (Å²) in [6.07, 6.45) is -0.673. The number of amides is 1. The monoisotopic (exact) mass is 302 g/mol. The van der Waals surface area contributed by atoms with Crippen molar-refractivity contribution in [3.63, 3.8) is 0 Å². The SMILES string of the molecule is COC(=O)[C@H]1NCCN(C(=O)OC(C)(C)C)[C@@H]1C(=O)OC. The summed E-state index contributed by atoms with van der Waals surface area (Å²) in [7, 11) is 2.41. The molecule has 1 rings (SSSR count). The molecule has 1 N–H and O–H groups in total. The Hall–Kier alpha value is -1.83. The minimum absolute atomic E-state index is 0.224. The number of nitrogens with one attached hydrogen (secondary N) is 1. The van der Waals surface area contributed by atoms with E-state index >= 15 is 0 Å². The quantitative estimate of drug-likeness (QED) is 0.562. The molecular weight excluding hydrogens is 280 g/mol. The highest BCUT2D eigenvalue weighted by Gasteiger charge is 2.45. The molecule has 1 heterocycles. The summed E-state index contributed by atoms with van der Waals surface area (Å²) in [5, 5.41) is 2.86. The Morgan fingerprint density at radius 1 is 1.10 bits per heavy atom. The zero-order valence-electron chi connectivity index (χ0n) is 13.0. The van der Waals surface area contributed by atoms with E-state index in [1.165, 1.54) is 19.1 Å². The van der Waals surface area contributed by atoms with Gasteiger partial charge in [-0.05, 0) is 20.8 Å². The zero-order valence-corrected chi connectivity index (χ0v) is 13.0. The average molecular weight is 302 g/mol. The van der Waals surface area contributed by atoms with Crippen molar-refractivity contribution in [2.24, 2.45) is 0 Å². The fourth-order valence-corrected chi connectivity index (χ4v) is 2.02. The third-order valence-electron chi connectivity index (χ3n) is 2.89. The van der Waals surface area contributed by atoms with Gasteiger partial charge in [0.2, 0.25) is 0 Å². The number of hydrogen-bond acceptors (Lipinski definition) is 7. The first-order valence-electron chi connectivity index (χ1n) is 6.60. The molecular formula is C13H22N2O6. The van der Waals surface area contributed by atoms with Gasteiger partial charge < -0.3 is 19.5 Å². The zero-order chi connectivity index (χ0) is 16.2. The van der Waals surface area contributed by atoms with Crippen molar-refractivity contribution in [3.05, 3.63) is 0 Å². The van der Waals surface area contributed by atoms with Crippen LogP contribution in [0.25, 0.3) is 0 Å². The molecule has 2 atom stereocenters. The van der Waals surface area contributed by atoms with Crippen LogP contribution >= 0.6 is 0 Å². The van der Waals surface area contributed by atoms with Gasteiger partial charge in [0.15, 0.2) is 6.04 Å². The first-order chi connectivity index (χ1) is 9.71. The van der Waals surface area contributed by atoms with Crippen molar-refractivity contribution in [3.8, 4) is 0 Å². The lowest BCUT2D eigenvalue weighted by atomic mass is 10.0. The normalized spacial score (nSPS) is 22.4. The van der Waals surface area contributed by atoms with E-state index in [1.54, 1.807) is 20.8 Å². The van der Waals surface area contributed by atoms with Gasteiger partial charge in [-0.2, -0.15) is 0 Å². The Morgan fingerprint density at radius 2 is 1.67 bits per heavy atom. The molecule has 0 aromatic rings. The molecule has 1 saturated heterocycles. The van der Waals surface area contributed by atoms with E-state index in [-0.39, 0.29) is 6.54 Å². The van der Waals surface area contributed by atoms with Gasteiger partial charge in [-0.25, -0.2) is 9.59 Å². The number of ether oxygens (including phenoxy) is 3. The maximum absolute atomic E-state index is 12.2. The fraction of sp³-hybridized carbons (Fsp3) is 0.769. The maximum Gasteiger partial charge on any atom is 0.411 e. The number of nitrogens with zero attached hydrogens (tertiary/aromatic N) is 1. The Labute approximate surface area is 123 Å². The lowest BCUT2D eigenvalue weighted by Crippen LogP contribution is -2.66. The molecule has 0 aromatic heterocycles. The van der Waals surface area contributed by atoms with Crippen LogP contribution in [0.4, 0.5) is 4.79 Å². The Kier molecular flexibility index (Phi) is 5.54. The van der Waals surface area contributed by atoms with Crippen molar-refractivity contribution in [2.75, 3.05) is 27.3 Å². The molecule has 1 amide bonds. The third kappa shape index (κ3) is 4.32. The number of esters is 2. The Morgan fingerprint density at radius 3 is 2.14 bits per heavy atom. The number of hydrogen-bond donors (Lipinski definition) is 1. The molecule has 1 aliphatic heterocycles. The minimum Gasteiger partial charge on any atom is -0.468 e. The van der Waals surface area contributed by atoms with Gasteiger partial charge in [-0.3, -0.25) is 9.69 Å². The topological polar surface area (TPSA) is 94.2 Å². The summed E-state index contributed by atoms with van der Waals surface area (Å²) in [5.74, 6) is -1.35. The average Bonchev–Trinajstić information content (AvgIpc) is 2.42. The summed E-state index contributed by atoms with van der Waals surface area (Å²) in [6, 6.07) is -2.10. The van der Waals surface area contributed by atoms with Crippen molar-refractivity contribution < 1.29 is 28.6 Å². The van der Waals surface area contributed by atoms with Gasteiger partial charge in [-0.1, -0.05) is 0 Å². The van der Waals surface area contributed by atoms with Crippen LogP contribution in [0.2, 0.25) is 0 Å². The second-order valence-corrected chi connectivity index (χ2v) is 5.60. The molecule has 1 aliphatic rings. The summed E-state index contributed by atoms with van der Waals surface area (Å²) < 4.78 is 14.6. The molecule has 120 valence electrons. The Balaban J connectivity index is 3.01. The predicted octanol–water partition coefficient (Wildman–Crippen LogP) is -0.0901. The first kappa shape index (κ1) is 17.2. The van der Waals surface area contributed by atoms with Crippen molar-refractivity contribution in [1.29, 1.82) is 0 Å². The number of carbonyl (C=O) groups is 3. The van der Waals surface area contributed by atoms with Gasteiger partial charge in [0.1, 0.15) is 11.6 Å². The van der Waals surface area contributed by atoms with E-state index in [4.69, 9.17) is 4.74 Å². The van der Waals surface area contributed by atoms with Crippen LogP contribution in [-0.4, -0.2) is 67.9 Å². The highest BCUT2D eigenvalue weighted by atomic mass is 16.6. The van der Waals surface area contributed by atoms with Crippen LogP contribution in [0.5, 0.6) is 0 Å². The van der Waals surface area contributed by atoms with Crippen LogP contribution in [0.15, 0.2) is 0 Å². The molecule has 21 heavy (non-hydrogen) atoms. The van der Waals surface area contributed by atoms with Gasteiger partial charge >= 0.3 is 18.0 Å². The second-order valence-electron chi connectivity index (χ2n) is 5.60. The van der Waals surface area contributed by atoms with Crippen LogP contribution in [0.3, 0.4) is 0 Å². The lowest BCUT2D eigenvalue weighted by molar-refractivity contribution is -0.157. The number of methoxy groups -OCH3 is 2. The van der Waals surface area contributed by atoms with E-state index in [9.17, 15) is 14.4 Å². The minimum atomic E-state index is -1.12. The number of rotatable bonds is 2. The highest BCUT2D eigenvalue weighted by Crippen LogP contribution is 2.17. The molecule has 0 aliphatic carbocycles. The van der Waals surface area contributed by atoms with Crippen LogP contribution in [0, 0.1) is 0 Å². The molecule has 0 spiro atoms. The molecule has 8 heteroatoms. The number of piperazine rings is 1. The van der Waals surface area contributed by atoms with E-state index in [1.807, 2.05) is 0 Å². The van der Waals surface area contributed by atoms with Crippen molar-refractivity contribution in [1.82, 2.24) is 10.2 Å². The van der Waals surface area contributed by atoms with Crippen LogP contribution < -0.4 is 5.32 Å². The number of carbonyl (C=O) groups excluding carboxylic acids is 3. The van der Waals surface area contributed by atoms with Gasteiger partial charge in [-0.15, -0.1) is 0 Å². The highest BCUT2D eigenvalue weighted by molar-refractivity contribution is 5.90. The van der Waals surface area contributed by atoms with Gasteiger partial charge in [0, 0.05) is 13.1 Å². The van der Waals surface area contributed by atoms with E-state index in [0.29, 0.717) is 6.54 Å². The third-order valence-corrected chi connectivity index (χ3v) is 2.89. The van der Waals surface area contributed by atoms with Gasteiger partial charge in [0.05, 0.1) is 14.2 Å². The van der Waals surface area contributed by atoms with Crippen LogP contribution in [0.1, 0.15) is 20.8 Å². The lowest BCUT2D eigenvalue weighted by Gasteiger charge is -2.39. The standard InChI is InChI=1S/C13H22N2O6/c1-13(2,3)21-12(18)15-7-6-14-8(10(16)19-4)9(15)11(17)20-5/h8-9,14H,6-7H2,1-5H3/t8-,9-/m0/s1. The summed E-state index contributed by atoms with van der Waals surface area (Å²) in [5.41, 5.74) is -0.705. The van der Waals surface area contributed by atoms with E-state index in [2.05, 4.69) is 14.8 Å². The second kappa shape index (κ2) is 6.75. The summed E-state index contributed by atoms with van der Waals surface area (Å²) in [4.78, 5) is 37.1. The molecule has 8 nitrogen and oxygen atoms in total. The molecule has 1 fully saturated rings. The molecule has 0 radical (unpaired) electrons. The fourth-order valence-electron chi connectivity index (χ4n) is 2.02. The van der Waals surface area contributed by atoms with Crippen molar-refractivity contribution >= 4 is 18.0 Å². The van der Waals surface area contributed by atoms with Crippen LogP contribution in [-0.2, 0) is 23.8 Å². The van der Waals surface area contributed by atoms with E-state index in [0.717, 1.165) is 0 Å². The van der Waals surface area contributed by atoms with E-state index < -0.39 is 35.7 Å². The predicted molar refractivity (Wildman–Crippen MR) is 72.6 cm³/mol. The van der Waals surface area contributed by atoms with Gasteiger partial charge in [0.25, 0.3) is 0 Å². The largest absolute Gasteiger partial charge is 0.468 e. The summed E-state index contributed by atoms with van der Waals surface area (Å²) in [6.45, 7) is 5.72. The maximum atomic E-state index is 12.2. The molecule has 0 saturated carbocycles. The molecule has 0 unspecified atom stereocenters. The smallest absolute Gasteiger partial charge is 0.411 e.